The van der Waals surface area contributed by atoms with Gasteiger partial charge in [-0.1, -0.05) is 0 Å². The van der Waals surface area contributed by atoms with Crippen molar-refractivity contribution in [3.63, 3.8) is 0 Å². The zero-order valence-corrected chi connectivity index (χ0v) is 18.2. The lowest BCUT2D eigenvalue weighted by Gasteiger charge is -2.06. The van der Waals surface area contributed by atoms with Crippen LogP contribution in [0.15, 0.2) is 46.7 Å². The van der Waals surface area contributed by atoms with Crippen molar-refractivity contribution in [2.24, 2.45) is 0 Å². The Morgan fingerprint density at radius 2 is 1.88 bits per heavy atom. The number of carbonyl (C=O) groups is 2. The largest absolute Gasteiger partial charge is 0.326 e. The summed E-state index contributed by atoms with van der Waals surface area (Å²) in [7, 11) is -3.80. The first-order valence-corrected chi connectivity index (χ1v) is 11.5. The molecule has 32 heavy (non-hydrogen) atoms. The second-order valence-corrected chi connectivity index (χ2v) is 9.49. The van der Waals surface area contributed by atoms with Crippen molar-refractivity contribution in [1.82, 2.24) is 4.98 Å². The van der Waals surface area contributed by atoms with Gasteiger partial charge in [-0.2, -0.15) is 0 Å². The first-order chi connectivity index (χ1) is 14.9. The molecule has 3 aromatic rings. The van der Waals surface area contributed by atoms with Crippen LogP contribution < -0.4 is 10.6 Å². The van der Waals surface area contributed by atoms with Crippen molar-refractivity contribution in [2.45, 2.75) is 11.8 Å². The molecular weight excluding hydrogens is 463 g/mol. The third-order valence-corrected chi connectivity index (χ3v) is 5.93. The molecule has 0 bridgehead atoms. The fraction of sp³-hybridized carbons (Fsp3) is 0.105. The van der Waals surface area contributed by atoms with E-state index >= 15 is 0 Å². The predicted octanol–water partition coefficient (Wildman–Crippen LogP) is 3.47. The van der Waals surface area contributed by atoms with Crippen molar-refractivity contribution < 1.29 is 27.3 Å². The Morgan fingerprint density at radius 3 is 2.47 bits per heavy atom. The van der Waals surface area contributed by atoms with Gasteiger partial charge in [0.05, 0.1) is 15.5 Å². The van der Waals surface area contributed by atoms with Gasteiger partial charge in [-0.05, 0) is 24.3 Å². The molecule has 13 heteroatoms. The number of amides is 2. The normalized spacial score (nSPS) is 11.1. The number of nitro benzene ring substituents is 1. The molecule has 0 radical (unpaired) electrons. The van der Waals surface area contributed by atoms with Crippen LogP contribution in [-0.2, 0) is 14.6 Å². The number of nitro groups is 1. The van der Waals surface area contributed by atoms with Crippen LogP contribution in [-0.4, -0.2) is 36.4 Å². The molecule has 2 N–H and O–H groups in total. The number of benzene rings is 2. The maximum Gasteiger partial charge on any atom is 0.271 e. The molecular formula is C19H15FN4O6S2. The summed E-state index contributed by atoms with van der Waals surface area (Å²) in [6.07, 6.45) is 0.868. The maximum atomic E-state index is 14.4. The highest BCUT2D eigenvalue weighted by Crippen LogP contribution is 2.29. The van der Waals surface area contributed by atoms with Gasteiger partial charge >= 0.3 is 0 Å². The Bertz CT molecular complexity index is 1350. The Kier molecular flexibility index (Phi) is 6.32. The number of sulfone groups is 1. The number of thiazole rings is 1. The summed E-state index contributed by atoms with van der Waals surface area (Å²) in [4.78, 5) is 37.7. The zero-order valence-electron chi connectivity index (χ0n) is 16.6. The fourth-order valence-corrected chi connectivity index (χ4v) is 4.04. The van der Waals surface area contributed by atoms with E-state index in [0.29, 0.717) is 0 Å². The number of rotatable bonds is 6. The minimum Gasteiger partial charge on any atom is -0.326 e. The molecule has 1 heterocycles. The summed E-state index contributed by atoms with van der Waals surface area (Å²) in [5, 5.41) is 17.5. The van der Waals surface area contributed by atoms with Crippen molar-refractivity contribution in [3.05, 3.63) is 63.3 Å². The smallest absolute Gasteiger partial charge is 0.271 e. The molecule has 0 atom stereocenters. The van der Waals surface area contributed by atoms with Gasteiger partial charge in [-0.15, -0.1) is 11.3 Å². The monoisotopic (exact) mass is 478 g/mol. The molecule has 0 unspecified atom stereocenters. The van der Waals surface area contributed by atoms with Gasteiger partial charge in [0.25, 0.3) is 11.6 Å². The Balaban J connectivity index is 1.86. The van der Waals surface area contributed by atoms with Gasteiger partial charge in [0.1, 0.15) is 5.82 Å². The predicted molar refractivity (Wildman–Crippen MR) is 116 cm³/mol. The summed E-state index contributed by atoms with van der Waals surface area (Å²) in [6, 6.07) is 6.87. The van der Waals surface area contributed by atoms with Gasteiger partial charge < -0.3 is 5.32 Å². The van der Waals surface area contributed by atoms with Gasteiger partial charge in [-0.25, -0.2) is 17.8 Å². The van der Waals surface area contributed by atoms with Crippen LogP contribution in [0.25, 0.3) is 11.3 Å². The molecule has 0 saturated carbocycles. The molecule has 0 aliphatic heterocycles. The Hall–Kier alpha value is -3.71. The van der Waals surface area contributed by atoms with E-state index < -0.39 is 32.2 Å². The molecule has 0 spiro atoms. The number of non-ortho nitro benzene ring substituents is 1. The molecule has 2 amide bonds. The van der Waals surface area contributed by atoms with Gasteiger partial charge in [0.15, 0.2) is 15.0 Å². The van der Waals surface area contributed by atoms with E-state index in [4.69, 9.17) is 0 Å². The highest BCUT2D eigenvalue weighted by molar-refractivity contribution is 7.90. The number of anilines is 2. The highest BCUT2D eigenvalue weighted by atomic mass is 32.2. The highest BCUT2D eigenvalue weighted by Gasteiger charge is 2.20. The molecule has 1 aromatic heterocycles. The minimum atomic E-state index is -3.80. The molecule has 0 fully saturated rings. The van der Waals surface area contributed by atoms with E-state index in [1.165, 1.54) is 24.4 Å². The summed E-state index contributed by atoms with van der Waals surface area (Å²) in [5.74, 6) is -1.81. The van der Waals surface area contributed by atoms with E-state index in [9.17, 15) is 32.5 Å². The van der Waals surface area contributed by atoms with Crippen LogP contribution in [0.5, 0.6) is 0 Å². The number of nitrogens with zero attached hydrogens (tertiary/aromatic N) is 2. The SMILES string of the molecule is CC(=O)Nc1ccc(-c2csc(NC(=O)c3cc([N+](=O)[O-])cc(S(C)(=O)=O)c3)n2)c(F)c1. The van der Waals surface area contributed by atoms with Crippen LogP contribution in [0.3, 0.4) is 0 Å². The quantitative estimate of drug-likeness (QED) is 0.407. The fourth-order valence-electron chi connectivity index (χ4n) is 2.66. The molecule has 3 rings (SSSR count). The van der Waals surface area contributed by atoms with Crippen LogP contribution in [0.4, 0.5) is 20.9 Å². The van der Waals surface area contributed by atoms with Crippen LogP contribution >= 0.6 is 11.3 Å². The lowest BCUT2D eigenvalue weighted by Crippen LogP contribution is -2.13. The average Bonchev–Trinajstić information content (AvgIpc) is 3.14. The maximum absolute atomic E-state index is 14.4. The summed E-state index contributed by atoms with van der Waals surface area (Å²) in [6.45, 7) is 1.29. The van der Waals surface area contributed by atoms with E-state index in [2.05, 4.69) is 15.6 Å². The van der Waals surface area contributed by atoms with Gasteiger partial charge in [0.2, 0.25) is 5.91 Å². The van der Waals surface area contributed by atoms with Crippen molar-refractivity contribution in [1.29, 1.82) is 0 Å². The van der Waals surface area contributed by atoms with Crippen LogP contribution in [0.2, 0.25) is 0 Å². The van der Waals surface area contributed by atoms with Crippen molar-refractivity contribution in [2.75, 3.05) is 16.9 Å². The Labute approximate surface area is 185 Å². The minimum absolute atomic E-state index is 0.0720. The van der Waals surface area contributed by atoms with Gasteiger partial charge in [0, 0.05) is 47.5 Å². The molecule has 0 saturated heterocycles. The second kappa shape index (κ2) is 8.80. The van der Waals surface area contributed by atoms with Crippen LogP contribution in [0.1, 0.15) is 17.3 Å². The average molecular weight is 478 g/mol. The third kappa shape index (κ3) is 5.31. The van der Waals surface area contributed by atoms with Crippen LogP contribution in [0, 0.1) is 15.9 Å². The number of nitrogens with one attached hydrogen (secondary N) is 2. The molecule has 166 valence electrons. The van der Waals surface area contributed by atoms with Crippen molar-refractivity contribution in [3.8, 4) is 11.3 Å². The lowest BCUT2D eigenvalue weighted by atomic mass is 10.1. The first kappa shape index (κ1) is 23.0. The topological polar surface area (TPSA) is 148 Å². The molecule has 2 aromatic carbocycles. The molecule has 0 aliphatic carbocycles. The second-order valence-electron chi connectivity index (χ2n) is 6.61. The lowest BCUT2D eigenvalue weighted by molar-refractivity contribution is -0.385. The Morgan fingerprint density at radius 1 is 1.16 bits per heavy atom. The number of carbonyl (C=O) groups excluding carboxylic acids is 2. The number of aromatic nitrogens is 1. The number of halogens is 1. The number of hydrogen-bond donors (Lipinski definition) is 2. The van der Waals surface area contributed by atoms with Gasteiger partial charge in [-0.3, -0.25) is 25.0 Å². The van der Waals surface area contributed by atoms with E-state index in [1.54, 1.807) is 0 Å². The third-order valence-electron chi connectivity index (χ3n) is 4.08. The molecule has 10 nitrogen and oxygen atoms in total. The summed E-state index contributed by atoms with van der Waals surface area (Å²) >= 11 is 0.980. The first-order valence-electron chi connectivity index (χ1n) is 8.78. The summed E-state index contributed by atoms with van der Waals surface area (Å²) in [5.41, 5.74) is -0.185. The molecule has 0 aliphatic rings. The standard InChI is InChI=1S/C19H15FN4O6S2/c1-10(25)21-12-3-4-15(16(20)7-12)17-9-31-19(22-17)23-18(26)11-5-13(24(27)28)8-14(6-11)32(2,29)30/h3-9H,1-2H3,(H,21,25)(H,22,23,26). The van der Waals surface area contributed by atoms with E-state index in [0.717, 1.165) is 41.9 Å². The van der Waals surface area contributed by atoms with Crippen molar-refractivity contribution >= 4 is 49.5 Å². The number of hydrogen-bond acceptors (Lipinski definition) is 8. The van der Waals surface area contributed by atoms with E-state index in [-0.39, 0.29) is 38.4 Å². The summed E-state index contributed by atoms with van der Waals surface area (Å²) < 4.78 is 38.0. The zero-order chi connectivity index (χ0) is 23.6. The van der Waals surface area contributed by atoms with E-state index in [1.807, 2.05) is 0 Å².